The molecule has 0 aromatic heterocycles. The summed E-state index contributed by atoms with van der Waals surface area (Å²) in [7, 11) is 0. The maximum Gasteiger partial charge on any atom is 0.299 e. The smallest absolute Gasteiger partial charge is 0.299 e. The zero-order chi connectivity index (χ0) is 15.0. The van der Waals surface area contributed by atoms with Gasteiger partial charge in [-0.1, -0.05) is 23.7 Å². The first-order chi connectivity index (χ1) is 10.1. The summed E-state index contributed by atoms with van der Waals surface area (Å²) < 4.78 is 0. The Morgan fingerprint density at radius 3 is 2.48 bits per heavy atom. The van der Waals surface area contributed by atoms with Crippen molar-refractivity contribution in [3.8, 4) is 6.07 Å². The Balaban J connectivity index is 1.96. The predicted octanol–water partition coefficient (Wildman–Crippen LogP) is 2.94. The molecule has 0 unspecified atom stereocenters. The molecule has 0 aliphatic carbocycles. The van der Waals surface area contributed by atoms with Gasteiger partial charge in [0.05, 0.1) is 29.4 Å². The van der Waals surface area contributed by atoms with Crippen molar-refractivity contribution in [3.63, 3.8) is 0 Å². The number of hydrogen-bond donors (Lipinski definition) is 0. The first-order valence-electron chi connectivity index (χ1n) is 6.25. The fourth-order valence-electron chi connectivity index (χ4n) is 2.29. The molecule has 0 bridgehead atoms. The number of hydrogen-bond acceptors (Lipinski definition) is 3. The molecule has 21 heavy (non-hydrogen) atoms. The van der Waals surface area contributed by atoms with Gasteiger partial charge >= 0.3 is 0 Å². The standard InChI is InChI=1S/C16H9ClN2O2/c17-12-5-6-13-14(7-12)19(16(21)15(13)20)9-11-3-1-10(8-18)2-4-11/h1-7H,9H2. The minimum Gasteiger partial charge on any atom is -0.300 e. The number of nitriles is 1. The highest BCUT2D eigenvalue weighted by Crippen LogP contribution is 2.32. The van der Waals surface area contributed by atoms with Crippen LogP contribution in [0.3, 0.4) is 0 Å². The van der Waals surface area contributed by atoms with Crippen LogP contribution in [0.25, 0.3) is 0 Å². The van der Waals surface area contributed by atoms with Crippen molar-refractivity contribution in [2.75, 3.05) is 4.90 Å². The van der Waals surface area contributed by atoms with E-state index in [-0.39, 0.29) is 6.54 Å². The van der Waals surface area contributed by atoms with E-state index in [0.29, 0.717) is 21.8 Å². The van der Waals surface area contributed by atoms with Gasteiger partial charge in [0.15, 0.2) is 0 Å². The van der Waals surface area contributed by atoms with E-state index in [2.05, 4.69) is 0 Å². The highest BCUT2D eigenvalue weighted by molar-refractivity contribution is 6.52. The number of fused-ring (bicyclic) bond motifs is 1. The largest absolute Gasteiger partial charge is 0.300 e. The second-order valence-electron chi connectivity index (χ2n) is 4.69. The fraction of sp³-hybridized carbons (Fsp3) is 0.0625. The molecule has 3 rings (SSSR count). The number of Topliss-reactive ketones (excluding diaryl/α,β-unsaturated/α-hetero) is 1. The van der Waals surface area contributed by atoms with E-state index in [1.54, 1.807) is 42.5 Å². The maximum atomic E-state index is 12.1. The predicted molar refractivity (Wildman–Crippen MR) is 78.1 cm³/mol. The van der Waals surface area contributed by atoms with Crippen molar-refractivity contribution >= 4 is 29.0 Å². The number of benzene rings is 2. The Labute approximate surface area is 126 Å². The second kappa shape index (κ2) is 5.04. The van der Waals surface area contributed by atoms with Crippen LogP contribution in [0.1, 0.15) is 21.5 Å². The molecular weight excluding hydrogens is 288 g/mol. The summed E-state index contributed by atoms with van der Waals surface area (Å²) in [4.78, 5) is 25.4. The first kappa shape index (κ1) is 13.3. The van der Waals surface area contributed by atoms with Crippen molar-refractivity contribution in [1.82, 2.24) is 0 Å². The summed E-state index contributed by atoms with van der Waals surface area (Å²) in [6.07, 6.45) is 0. The van der Waals surface area contributed by atoms with Crippen LogP contribution in [0.2, 0.25) is 5.02 Å². The van der Waals surface area contributed by atoms with Gasteiger partial charge in [-0.05, 0) is 35.9 Å². The molecule has 0 saturated heterocycles. The minimum atomic E-state index is -0.559. The van der Waals surface area contributed by atoms with Gasteiger partial charge in [0, 0.05) is 5.02 Å². The molecule has 0 N–H and O–H groups in total. The van der Waals surface area contributed by atoms with Crippen LogP contribution < -0.4 is 4.90 Å². The molecule has 1 aliphatic heterocycles. The highest BCUT2D eigenvalue weighted by atomic mass is 35.5. The molecule has 0 spiro atoms. The first-order valence-corrected chi connectivity index (χ1v) is 6.63. The maximum absolute atomic E-state index is 12.1. The normalized spacial score (nSPS) is 13.2. The van der Waals surface area contributed by atoms with E-state index in [9.17, 15) is 9.59 Å². The average Bonchev–Trinajstić information content (AvgIpc) is 2.73. The van der Waals surface area contributed by atoms with E-state index in [1.165, 1.54) is 4.90 Å². The third-order valence-corrected chi connectivity index (χ3v) is 3.59. The van der Waals surface area contributed by atoms with E-state index in [4.69, 9.17) is 16.9 Å². The molecule has 1 amide bonds. The Bertz CT molecular complexity index is 791. The Kier molecular flexibility index (Phi) is 3.20. The molecule has 0 radical (unpaired) electrons. The van der Waals surface area contributed by atoms with E-state index >= 15 is 0 Å². The van der Waals surface area contributed by atoms with Crippen LogP contribution in [0.4, 0.5) is 5.69 Å². The number of halogens is 1. The van der Waals surface area contributed by atoms with Gasteiger partial charge in [0.1, 0.15) is 0 Å². The van der Waals surface area contributed by atoms with Crippen LogP contribution in [0.5, 0.6) is 0 Å². The quantitative estimate of drug-likeness (QED) is 0.801. The molecule has 1 aliphatic rings. The van der Waals surface area contributed by atoms with E-state index in [0.717, 1.165) is 5.56 Å². The summed E-state index contributed by atoms with van der Waals surface area (Å²) in [5.41, 5.74) is 2.29. The molecule has 0 saturated carbocycles. The number of amides is 1. The van der Waals surface area contributed by atoms with Gasteiger partial charge in [0.2, 0.25) is 0 Å². The summed E-state index contributed by atoms with van der Waals surface area (Å²) >= 11 is 5.94. The van der Waals surface area contributed by atoms with E-state index in [1.807, 2.05) is 6.07 Å². The number of nitrogens with zero attached hydrogens (tertiary/aromatic N) is 2. The zero-order valence-corrected chi connectivity index (χ0v) is 11.6. The number of carbonyl (C=O) groups excluding carboxylic acids is 2. The van der Waals surface area contributed by atoms with Crippen molar-refractivity contribution in [2.24, 2.45) is 0 Å². The molecule has 2 aromatic carbocycles. The Morgan fingerprint density at radius 1 is 1.10 bits per heavy atom. The molecule has 0 fully saturated rings. The molecular formula is C16H9ClN2O2. The SMILES string of the molecule is N#Cc1ccc(CN2C(=O)C(=O)c3ccc(Cl)cc32)cc1. The van der Waals surface area contributed by atoms with Crippen molar-refractivity contribution < 1.29 is 9.59 Å². The lowest BCUT2D eigenvalue weighted by atomic mass is 10.1. The Morgan fingerprint density at radius 2 is 1.81 bits per heavy atom. The molecule has 102 valence electrons. The molecule has 0 atom stereocenters. The number of ketones is 1. The summed E-state index contributed by atoms with van der Waals surface area (Å²) in [6, 6.07) is 13.7. The topological polar surface area (TPSA) is 61.2 Å². The van der Waals surface area contributed by atoms with Gasteiger partial charge in [0.25, 0.3) is 11.7 Å². The summed E-state index contributed by atoms with van der Waals surface area (Å²) in [5.74, 6) is -1.08. The fourth-order valence-corrected chi connectivity index (χ4v) is 2.46. The number of carbonyl (C=O) groups is 2. The van der Waals surface area contributed by atoms with Crippen molar-refractivity contribution in [1.29, 1.82) is 5.26 Å². The van der Waals surface area contributed by atoms with Gasteiger partial charge in [-0.15, -0.1) is 0 Å². The van der Waals surface area contributed by atoms with Crippen LogP contribution >= 0.6 is 11.6 Å². The van der Waals surface area contributed by atoms with Crippen LogP contribution in [0.15, 0.2) is 42.5 Å². The van der Waals surface area contributed by atoms with Crippen molar-refractivity contribution in [2.45, 2.75) is 6.54 Å². The van der Waals surface area contributed by atoms with E-state index < -0.39 is 11.7 Å². The van der Waals surface area contributed by atoms with Crippen LogP contribution in [-0.2, 0) is 11.3 Å². The van der Waals surface area contributed by atoms with Gasteiger partial charge in [-0.2, -0.15) is 5.26 Å². The number of rotatable bonds is 2. The average molecular weight is 297 g/mol. The lowest BCUT2D eigenvalue weighted by Gasteiger charge is -2.16. The summed E-state index contributed by atoms with van der Waals surface area (Å²) in [5, 5.41) is 9.25. The molecule has 1 heterocycles. The summed E-state index contributed by atoms with van der Waals surface area (Å²) in [6.45, 7) is 0.267. The van der Waals surface area contributed by atoms with Gasteiger partial charge in [-0.25, -0.2) is 0 Å². The second-order valence-corrected chi connectivity index (χ2v) is 5.13. The van der Waals surface area contributed by atoms with Gasteiger partial charge in [-0.3, -0.25) is 9.59 Å². The molecule has 2 aromatic rings. The third kappa shape index (κ3) is 2.28. The Hall–Kier alpha value is -2.64. The lowest BCUT2D eigenvalue weighted by molar-refractivity contribution is -0.114. The zero-order valence-electron chi connectivity index (χ0n) is 10.8. The minimum absolute atomic E-state index is 0.267. The van der Waals surface area contributed by atoms with Crippen LogP contribution in [-0.4, -0.2) is 11.7 Å². The monoisotopic (exact) mass is 296 g/mol. The van der Waals surface area contributed by atoms with Crippen molar-refractivity contribution in [3.05, 3.63) is 64.2 Å². The van der Waals surface area contributed by atoms with Gasteiger partial charge < -0.3 is 4.90 Å². The molecule has 5 heteroatoms. The highest BCUT2D eigenvalue weighted by Gasteiger charge is 2.35. The third-order valence-electron chi connectivity index (χ3n) is 3.36. The lowest BCUT2D eigenvalue weighted by Crippen LogP contribution is -2.29. The molecule has 4 nitrogen and oxygen atoms in total. The number of anilines is 1. The van der Waals surface area contributed by atoms with Crippen LogP contribution in [0, 0.1) is 11.3 Å².